The zero-order valence-corrected chi connectivity index (χ0v) is 8.97. The summed E-state index contributed by atoms with van der Waals surface area (Å²) in [5.74, 6) is -0.0930. The molecule has 0 saturated carbocycles. The number of aromatic amines is 1. The predicted molar refractivity (Wildman–Crippen MR) is 56.6 cm³/mol. The van der Waals surface area contributed by atoms with Crippen molar-refractivity contribution in [3.63, 3.8) is 0 Å². The minimum Gasteiger partial charge on any atom is -0.346 e. The highest BCUT2D eigenvalue weighted by atomic mass is 32.1. The summed E-state index contributed by atoms with van der Waals surface area (Å²) >= 11 is 1.35. The molecular weight excluding hydrogens is 212 g/mol. The topological polar surface area (TPSA) is 70.7 Å². The van der Waals surface area contributed by atoms with Gasteiger partial charge in [0.05, 0.1) is 23.4 Å². The van der Waals surface area contributed by atoms with Gasteiger partial charge in [-0.15, -0.1) is 11.3 Å². The van der Waals surface area contributed by atoms with E-state index >= 15 is 0 Å². The average molecular weight is 222 g/mol. The van der Waals surface area contributed by atoms with Gasteiger partial charge >= 0.3 is 0 Å². The van der Waals surface area contributed by atoms with Crippen LogP contribution in [0.25, 0.3) is 0 Å². The first-order valence-corrected chi connectivity index (χ1v) is 5.32. The van der Waals surface area contributed by atoms with Crippen molar-refractivity contribution >= 4 is 17.2 Å². The number of carbonyl (C=O) groups excluding carboxylic acids is 1. The molecule has 2 aromatic heterocycles. The molecule has 0 atom stereocenters. The van der Waals surface area contributed by atoms with E-state index in [1.165, 1.54) is 11.3 Å². The smallest absolute Gasteiger partial charge is 0.263 e. The van der Waals surface area contributed by atoms with Crippen molar-refractivity contribution in [1.82, 2.24) is 20.5 Å². The van der Waals surface area contributed by atoms with Crippen molar-refractivity contribution in [2.45, 2.75) is 13.5 Å². The molecule has 0 bridgehead atoms. The summed E-state index contributed by atoms with van der Waals surface area (Å²) in [6.45, 7) is 2.28. The molecule has 78 valence electrons. The van der Waals surface area contributed by atoms with Crippen LogP contribution in [0.1, 0.15) is 21.1 Å². The predicted octanol–water partition coefficient (Wildman–Crippen LogP) is 1.10. The summed E-state index contributed by atoms with van der Waals surface area (Å²) in [4.78, 5) is 16.3. The Morgan fingerprint density at radius 3 is 3.13 bits per heavy atom. The first kappa shape index (κ1) is 9.85. The number of amides is 1. The molecule has 0 aliphatic carbocycles. The van der Waals surface area contributed by atoms with Crippen LogP contribution in [0, 0.1) is 6.92 Å². The first-order chi connectivity index (χ1) is 7.27. The Balaban J connectivity index is 1.96. The summed E-state index contributed by atoms with van der Waals surface area (Å²) in [5.41, 5.74) is 3.31. The molecule has 0 aromatic carbocycles. The molecule has 2 heterocycles. The average Bonchev–Trinajstić information content (AvgIpc) is 2.84. The van der Waals surface area contributed by atoms with Crippen LogP contribution in [0.2, 0.25) is 0 Å². The Kier molecular flexibility index (Phi) is 2.77. The molecule has 2 rings (SSSR count). The van der Waals surface area contributed by atoms with Crippen LogP contribution in [0.15, 0.2) is 17.8 Å². The number of aryl methyl sites for hydroxylation is 1. The fourth-order valence-corrected chi connectivity index (χ4v) is 1.88. The zero-order chi connectivity index (χ0) is 10.7. The third-order valence-electron chi connectivity index (χ3n) is 1.95. The molecule has 15 heavy (non-hydrogen) atoms. The van der Waals surface area contributed by atoms with Crippen molar-refractivity contribution < 1.29 is 4.79 Å². The van der Waals surface area contributed by atoms with Crippen LogP contribution in [0.4, 0.5) is 0 Å². The highest BCUT2D eigenvalue weighted by Gasteiger charge is 2.10. The second-order valence-corrected chi connectivity index (χ2v) is 3.89. The Hall–Kier alpha value is -1.69. The van der Waals surface area contributed by atoms with Crippen LogP contribution >= 0.6 is 11.3 Å². The molecule has 6 heteroatoms. The molecule has 2 aromatic rings. The van der Waals surface area contributed by atoms with E-state index in [4.69, 9.17) is 0 Å². The standard InChI is InChI=1S/C9H10N4OS/c1-6-8(15-5-11-6)9(14)10-4-7-2-3-12-13-7/h2-3,5H,4H2,1H3,(H,10,14)(H,12,13). The highest BCUT2D eigenvalue weighted by molar-refractivity contribution is 7.11. The lowest BCUT2D eigenvalue weighted by atomic mass is 10.3. The van der Waals surface area contributed by atoms with E-state index in [2.05, 4.69) is 20.5 Å². The molecule has 5 nitrogen and oxygen atoms in total. The SMILES string of the molecule is Cc1ncsc1C(=O)NCc1ccn[nH]1. The number of thiazole rings is 1. The Morgan fingerprint density at radius 2 is 2.53 bits per heavy atom. The molecule has 0 saturated heterocycles. The fraction of sp³-hybridized carbons (Fsp3) is 0.222. The van der Waals surface area contributed by atoms with E-state index in [0.717, 1.165) is 11.4 Å². The molecule has 0 aliphatic rings. The van der Waals surface area contributed by atoms with E-state index in [-0.39, 0.29) is 5.91 Å². The Bertz CT molecular complexity index is 448. The number of nitrogens with zero attached hydrogens (tertiary/aromatic N) is 2. The maximum Gasteiger partial charge on any atom is 0.263 e. The monoisotopic (exact) mass is 222 g/mol. The fourth-order valence-electron chi connectivity index (χ4n) is 1.16. The van der Waals surface area contributed by atoms with E-state index in [0.29, 0.717) is 11.4 Å². The second-order valence-electron chi connectivity index (χ2n) is 3.03. The van der Waals surface area contributed by atoms with Gasteiger partial charge in [0.2, 0.25) is 0 Å². The number of aromatic nitrogens is 3. The lowest BCUT2D eigenvalue weighted by Gasteiger charge is -2.01. The van der Waals surface area contributed by atoms with Crippen LogP contribution < -0.4 is 5.32 Å². The van der Waals surface area contributed by atoms with E-state index in [9.17, 15) is 4.79 Å². The van der Waals surface area contributed by atoms with Crippen LogP contribution in [-0.2, 0) is 6.54 Å². The number of nitrogens with one attached hydrogen (secondary N) is 2. The zero-order valence-electron chi connectivity index (χ0n) is 8.15. The lowest BCUT2D eigenvalue weighted by molar-refractivity contribution is 0.0953. The van der Waals surface area contributed by atoms with Crippen molar-refractivity contribution in [2.75, 3.05) is 0 Å². The van der Waals surface area contributed by atoms with Gasteiger partial charge < -0.3 is 5.32 Å². The molecule has 0 fully saturated rings. The third kappa shape index (κ3) is 2.21. The largest absolute Gasteiger partial charge is 0.346 e. The number of hydrogen-bond donors (Lipinski definition) is 2. The Labute approximate surface area is 90.6 Å². The lowest BCUT2D eigenvalue weighted by Crippen LogP contribution is -2.22. The summed E-state index contributed by atoms with van der Waals surface area (Å²) in [6, 6.07) is 1.82. The normalized spacial score (nSPS) is 10.2. The Morgan fingerprint density at radius 1 is 1.67 bits per heavy atom. The summed E-state index contributed by atoms with van der Waals surface area (Å²) in [7, 11) is 0. The van der Waals surface area contributed by atoms with Gasteiger partial charge in [0.15, 0.2) is 0 Å². The van der Waals surface area contributed by atoms with Gasteiger partial charge in [-0.2, -0.15) is 5.10 Å². The molecule has 0 spiro atoms. The minimum atomic E-state index is -0.0930. The molecule has 1 amide bonds. The number of rotatable bonds is 3. The minimum absolute atomic E-state index is 0.0930. The number of H-pyrrole nitrogens is 1. The highest BCUT2D eigenvalue weighted by Crippen LogP contribution is 2.11. The summed E-state index contributed by atoms with van der Waals surface area (Å²) < 4.78 is 0. The molecule has 2 N–H and O–H groups in total. The van der Waals surface area contributed by atoms with Crippen LogP contribution in [-0.4, -0.2) is 21.1 Å². The first-order valence-electron chi connectivity index (χ1n) is 4.44. The number of carbonyl (C=O) groups is 1. The van der Waals surface area contributed by atoms with Gasteiger partial charge in [0.25, 0.3) is 5.91 Å². The van der Waals surface area contributed by atoms with Gasteiger partial charge in [-0.3, -0.25) is 9.89 Å². The molecule has 0 unspecified atom stereocenters. The maximum atomic E-state index is 11.6. The van der Waals surface area contributed by atoms with E-state index < -0.39 is 0 Å². The van der Waals surface area contributed by atoms with Gasteiger partial charge in [0, 0.05) is 6.20 Å². The molecular formula is C9H10N4OS. The summed E-state index contributed by atoms with van der Waals surface area (Å²) in [5, 5.41) is 9.36. The van der Waals surface area contributed by atoms with Gasteiger partial charge in [-0.25, -0.2) is 4.98 Å². The quantitative estimate of drug-likeness (QED) is 0.817. The van der Waals surface area contributed by atoms with Gasteiger partial charge in [-0.05, 0) is 13.0 Å². The van der Waals surface area contributed by atoms with Crippen LogP contribution in [0.5, 0.6) is 0 Å². The van der Waals surface area contributed by atoms with Crippen molar-refractivity contribution in [2.24, 2.45) is 0 Å². The van der Waals surface area contributed by atoms with Gasteiger partial charge in [0.1, 0.15) is 4.88 Å². The van der Waals surface area contributed by atoms with Crippen molar-refractivity contribution in [3.05, 3.63) is 34.0 Å². The second kappa shape index (κ2) is 4.22. The summed E-state index contributed by atoms with van der Waals surface area (Å²) in [6.07, 6.45) is 1.65. The van der Waals surface area contributed by atoms with Gasteiger partial charge in [-0.1, -0.05) is 0 Å². The van der Waals surface area contributed by atoms with E-state index in [1.807, 2.05) is 13.0 Å². The molecule has 0 radical (unpaired) electrons. The van der Waals surface area contributed by atoms with Crippen molar-refractivity contribution in [3.8, 4) is 0 Å². The third-order valence-corrected chi connectivity index (χ3v) is 2.88. The van der Waals surface area contributed by atoms with Crippen LogP contribution in [0.3, 0.4) is 0 Å². The maximum absolute atomic E-state index is 11.6. The molecule has 0 aliphatic heterocycles. The number of hydrogen-bond acceptors (Lipinski definition) is 4. The van der Waals surface area contributed by atoms with Crippen molar-refractivity contribution in [1.29, 1.82) is 0 Å². The van der Waals surface area contributed by atoms with E-state index in [1.54, 1.807) is 11.7 Å².